The maximum Gasteiger partial charge on any atom is 0.407 e. The Bertz CT molecular complexity index is 1350. The molecule has 2 aromatic carbocycles. The SMILES string of the molecule is C[C@H](OC(C)(C)C)[C@@H](NC(=O)OCC1c2ccccc2-c2ccccc21)C(=O)ON1N=NC2=CC=CC(=O)[C@@H]21. The zero-order valence-corrected chi connectivity index (χ0v) is 22.2. The van der Waals surface area contributed by atoms with E-state index in [4.69, 9.17) is 14.3 Å². The summed E-state index contributed by atoms with van der Waals surface area (Å²) in [5, 5.41) is 11.1. The lowest BCUT2D eigenvalue weighted by Gasteiger charge is -2.31. The molecule has 0 radical (unpaired) electrons. The Kier molecular flexibility index (Phi) is 7.05. The number of nitrogens with one attached hydrogen (secondary N) is 1. The minimum atomic E-state index is -1.25. The van der Waals surface area contributed by atoms with E-state index >= 15 is 0 Å². The zero-order valence-electron chi connectivity index (χ0n) is 22.2. The highest BCUT2D eigenvalue weighted by Gasteiger charge is 2.41. The summed E-state index contributed by atoms with van der Waals surface area (Å²) in [6, 6.07) is 13.8. The second-order valence-electron chi connectivity index (χ2n) is 10.5. The molecule has 1 heterocycles. The maximum atomic E-state index is 13.3. The molecule has 2 aromatic rings. The van der Waals surface area contributed by atoms with E-state index in [2.05, 4.69) is 27.8 Å². The number of carbonyl (C=O) groups is 3. The van der Waals surface area contributed by atoms with Crippen LogP contribution in [0.25, 0.3) is 11.1 Å². The van der Waals surface area contributed by atoms with Crippen molar-refractivity contribution in [2.75, 3.05) is 6.61 Å². The number of ketones is 1. The number of benzene rings is 2. The van der Waals surface area contributed by atoms with Gasteiger partial charge in [0.05, 0.1) is 11.7 Å². The topological polar surface area (TPSA) is 119 Å². The van der Waals surface area contributed by atoms with Crippen molar-refractivity contribution in [2.45, 2.75) is 57.4 Å². The summed E-state index contributed by atoms with van der Waals surface area (Å²) >= 11 is 0. The van der Waals surface area contributed by atoms with Crippen LogP contribution < -0.4 is 5.32 Å². The average Bonchev–Trinajstić information content (AvgIpc) is 3.44. The first-order valence-electron chi connectivity index (χ1n) is 12.8. The summed E-state index contributed by atoms with van der Waals surface area (Å²) in [6.45, 7) is 7.22. The molecule has 1 N–H and O–H groups in total. The van der Waals surface area contributed by atoms with Crippen LogP contribution in [-0.2, 0) is 23.9 Å². The molecule has 3 atom stereocenters. The van der Waals surface area contributed by atoms with Gasteiger partial charge >= 0.3 is 12.1 Å². The first-order valence-corrected chi connectivity index (χ1v) is 12.8. The summed E-state index contributed by atoms with van der Waals surface area (Å²) in [4.78, 5) is 44.0. The molecule has 0 fully saturated rings. The molecule has 0 aromatic heterocycles. The predicted molar refractivity (Wildman–Crippen MR) is 141 cm³/mol. The van der Waals surface area contributed by atoms with Crippen molar-refractivity contribution in [1.82, 2.24) is 10.5 Å². The van der Waals surface area contributed by atoms with Crippen LogP contribution >= 0.6 is 0 Å². The van der Waals surface area contributed by atoms with Crippen molar-refractivity contribution in [3.63, 3.8) is 0 Å². The van der Waals surface area contributed by atoms with Gasteiger partial charge in [-0.1, -0.05) is 59.8 Å². The summed E-state index contributed by atoms with van der Waals surface area (Å²) in [7, 11) is 0. The minimum Gasteiger partial charge on any atom is -0.449 e. The molecule has 39 heavy (non-hydrogen) atoms. The van der Waals surface area contributed by atoms with E-state index in [9.17, 15) is 14.4 Å². The van der Waals surface area contributed by atoms with Crippen LogP contribution in [0.2, 0.25) is 0 Å². The van der Waals surface area contributed by atoms with E-state index < -0.39 is 35.9 Å². The summed E-state index contributed by atoms with van der Waals surface area (Å²) < 4.78 is 11.6. The molecule has 3 aliphatic rings. The van der Waals surface area contributed by atoms with Gasteiger partial charge in [0, 0.05) is 5.92 Å². The lowest BCUT2D eigenvalue weighted by Crippen LogP contribution is -2.53. The Morgan fingerprint density at radius 1 is 1.05 bits per heavy atom. The van der Waals surface area contributed by atoms with Gasteiger partial charge in [0.1, 0.15) is 12.3 Å². The maximum absolute atomic E-state index is 13.3. The second kappa shape index (κ2) is 10.5. The zero-order chi connectivity index (χ0) is 27.7. The number of hydrogen-bond donors (Lipinski definition) is 1. The van der Waals surface area contributed by atoms with Crippen molar-refractivity contribution in [2.24, 2.45) is 10.3 Å². The fourth-order valence-electron chi connectivity index (χ4n) is 5.01. The highest BCUT2D eigenvalue weighted by Crippen LogP contribution is 2.44. The normalized spacial score (nSPS) is 19.1. The molecule has 1 amide bonds. The standard InChI is InChI=1S/C29H30N4O6/c1-17(38-29(2,3)4)25(27(35)39-33-26-23(31-32-33)14-9-15-24(26)34)30-28(36)37-16-22-20-12-7-5-10-18(20)19-11-6-8-13-21(19)22/h5-15,17,22,25-26H,16H2,1-4H3,(H,30,36)/t17-,25+,26+/m0/s1. The highest BCUT2D eigenvalue weighted by atomic mass is 16.7. The van der Waals surface area contributed by atoms with E-state index in [1.54, 1.807) is 19.1 Å². The van der Waals surface area contributed by atoms with E-state index in [-0.39, 0.29) is 18.3 Å². The molecule has 2 aliphatic carbocycles. The number of amides is 1. The molecule has 0 spiro atoms. The fraction of sp³-hybridized carbons (Fsp3) is 0.345. The largest absolute Gasteiger partial charge is 0.449 e. The van der Waals surface area contributed by atoms with Gasteiger partial charge in [0.15, 0.2) is 17.9 Å². The van der Waals surface area contributed by atoms with Crippen LogP contribution in [0.5, 0.6) is 0 Å². The number of fused-ring (bicyclic) bond motifs is 4. The van der Waals surface area contributed by atoms with Gasteiger partial charge in [-0.3, -0.25) is 4.79 Å². The third-order valence-corrected chi connectivity index (χ3v) is 6.61. The van der Waals surface area contributed by atoms with Gasteiger partial charge in [0.25, 0.3) is 0 Å². The molecule has 10 heteroatoms. The van der Waals surface area contributed by atoms with Gasteiger partial charge < -0.3 is 19.6 Å². The lowest BCUT2D eigenvalue weighted by atomic mass is 9.98. The Hall–Kier alpha value is -4.31. The van der Waals surface area contributed by atoms with Crippen LogP contribution in [-0.4, -0.2) is 53.4 Å². The second-order valence-corrected chi connectivity index (χ2v) is 10.5. The summed E-state index contributed by atoms with van der Waals surface area (Å²) in [5.41, 5.74) is 4.10. The van der Waals surface area contributed by atoms with Crippen molar-refractivity contribution in [3.8, 4) is 11.1 Å². The lowest BCUT2D eigenvalue weighted by molar-refractivity contribution is -0.203. The number of allylic oxidation sites excluding steroid dienone is 2. The van der Waals surface area contributed by atoms with Crippen LogP contribution in [0.1, 0.15) is 44.7 Å². The quantitative estimate of drug-likeness (QED) is 0.554. The molecular formula is C29H30N4O6. The minimum absolute atomic E-state index is 0.0769. The third kappa shape index (κ3) is 5.46. The van der Waals surface area contributed by atoms with Crippen molar-refractivity contribution >= 4 is 17.8 Å². The van der Waals surface area contributed by atoms with Crippen molar-refractivity contribution in [3.05, 3.63) is 83.6 Å². The molecule has 5 rings (SSSR count). The monoisotopic (exact) mass is 530 g/mol. The first-order chi connectivity index (χ1) is 18.6. The van der Waals surface area contributed by atoms with Crippen LogP contribution in [0.3, 0.4) is 0 Å². The molecule has 0 unspecified atom stereocenters. The number of carbonyl (C=O) groups excluding carboxylic acids is 3. The molecule has 0 saturated carbocycles. The van der Waals surface area contributed by atoms with Crippen molar-refractivity contribution in [1.29, 1.82) is 0 Å². The number of rotatable bonds is 7. The number of hydrogen-bond acceptors (Lipinski definition) is 9. The van der Waals surface area contributed by atoms with Gasteiger partial charge in [-0.2, -0.15) is 0 Å². The van der Waals surface area contributed by atoms with E-state index in [0.29, 0.717) is 5.70 Å². The van der Waals surface area contributed by atoms with E-state index in [1.807, 2.05) is 57.2 Å². The molecule has 1 aliphatic heterocycles. The fourth-order valence-corrected chi connectivity index (χ4v) is 5.01. The Balaban J connectivity index is 1.28. The van der Waals surface area contributed by atoms with Crippen LogP contribution in [0.4, 0.5) is 4.79 Å². The smallest absolute Gasteiger partial charge is 0.407 e. The van der Waals surface area contributed by atoms with Gasteiger partial charge in [0.2, 0.25) is 0 Å². The van der Waals surface area contributed by atoms with Crippen LogP contribution in [0.15, 0.2) is 82.8 Å². The van der Waals surface area contributed by atoms with E-state index in [1.165, 1.54) is 6.08 Å². The number of ether oxygens (including phenoxy) is 2. The van der Waals surface area contributed by atoms with E-state index in [0.717, 1.165) is 27.4 Å². The summed E-state index contributed by atoms with van der Waals surface area (Å²) in [5.74, 6) is -1.34. The van der Waals surface area contributed by atoms with Crippen LogP contribution in [0, 0.1) is 0 Å². The molecule has 0 saturated heterocycles. The Morgan fingerprint density at radius 2 is 1.69 bits per heavy atom. The first kappa shape index (κ1) is 26.3. The number of hydroxylamine groups is 1. The third-order valence-electron chi connectivity index (χ3n) is 6.61. The molecule has 10 nitrogen and oxygen atoms in total. The Labute approximate surface area is 226 Å². The average molecular weight is 531 g/mol. The predicted octanol–water partition coefficient (Wildman–Crippen LogP) is 4.63. The van der Waals surface area contributed by atoms with Gasteiger partial charge in [-0.05, 0) is 67.3 Å². The van der Waals surface area contributed by atoms with Gasteiger partial charge in [-0.15, -0.1) is 5.11 Å². The van der Waals surface area contributed by atoms with Crippen molar-refractivity contribution < 1.29 is 28.7 Å². The number of nitrogens with zero attached hydrogens (tertiary/aromatic N) is 3. The molecule has 0 bridgehead atoms. The molecular weight excluding hydrogens is 500 g/mol. The van der Waals surface area contributed by atoms with Gasteiger partial charge in [-0.25, -0.2) is 9.59 Å². The molecule has 202 valence electrons. The summed E-state index contributed by atoms with van der Waals surface area (Å²) in [6.07, 6.45) is 2.92. The Morgan fingerprint density at radius 3 is 2.33 bits per heavy atom. The highest BCUT2D eigenvalue weighted by molar-refractivity contribution is 5.98. The number of alkyl carbamates (subject to hydrolysis) is 1.